The molecule has 0 saturated carbocycles. The van der Waals surface area contributed by atoms with Crippen LogP contribution in [-0.4, -0.2) is 12.0 Å². The van der Waals surface area contributed by atoms with Crippen molar-refractivity contribution in [2.45, 2.75) is 13.0 Å². The van der Waals surface area contributed by atoms with Crippen molar-refractivity contribution in [2.24, 2.45) is 5.73 Å². The monoisotopic (exact) mass is 325 g/mol. The molecule has 0 saturated heterocycles. The van der Waals surface area contributed by atoms with E-state index in [-0.39, 0.29) is 0 Å². The topological polar surface area (TPSA) is 52.3 Å². The van der Waals surface area contributed by atoms with Crippen LogP contribution in [0.2, 0.25) is 5.02 Å². The van der Waals surface area contributed by atoms with Gasteiger partial charge in [0.05, 0.1) is 5.02 Å². The van der Waals surface area contributed by atoms with Crippen molar-refractivity contribution < 1.29 is 9.53 Å². The van der Waals surface area contributed by atoms with Crippen LogP contribution in [0.5, 0.6) is 5.75 Å². The van der Waals surface area contributed by atoms with Gasteiger partial charge in [0.2, 0.25) is 0 Å². The van der Waals surface area contributed by atoms with Crippen molar-refractivity contribution in [2.75, 3.05) is 0 Å². The van der Waals surface area contributed by atoms with E-state index < -0.39 is 12.0 Å². The van der Waals surface area contributed by atoms with Gasteiger partial charge < -0.3 is 10.5 Å². The van der Waals surface area contributed by atoms with Gasteiger partial charge in [0, 0.05) is 3.57 Å². The molecule has 1 rings (SSSR count). The second-order valence-electron chi connectivity index (χ2n) is 2.74. The number of benzene rings is 1. The number of halogens is 2. The highest BCUT2D eigenvalue weighted by atomic mass is 127. The summed E-state index contributed by atoms with van der Waals surface area (Å²) in [6, 6.07) is 5.17. The Bertz CT molecular complexity index is 357. The van der Waals surface area contributed by atoms with Crippen LogP contribution in [0.25, 0.3) is 0 Å². The van der Waals surface area contributed by atoms with Gasteiger partial charge in [0.15, 0.2) is 6.10 Å². The van der Waals surface area contributed by atoms with Gasteiger partial charge in [-0.1, -0.05) is 11.6 Å². The molecule has 0 aliphatic heterocycles. The lowest BCUT2D eigenvalue weighted by atomic mass is 10.3. The lowest BCUT2D eigenvalue weighted by molar-refractivity contribution is -0.123. The van der Waals surface area contributed by atoms with Gasteiger partial charge in [-0.15, -0.1) is 0 Å². The van der Waals surface area contributed by atoms with Gasteiger partial charge >= 0.3 is 0 Å². The number of nitrogens with two attached hydrogens (primary N) is 1. The predicted molar refractivity (Wildman–Crippen MR) is 63.5 cm³/mol. The summed E-state index contributed by atoms with van der Waals surface area (Å²) in [6.07, 6.45) is -0.632. The maximum atomic E-state index is 10.7. The molecule has 1 amide bonds. The second kappa shape index (κ2) is 4.84. The SMILES string of the molecule is CC(Oc1ccc(Cl)c(I)c1)C(N)=O. The standard InChI is InChI=1S/C9H9ClINO2/c1-5(9(12)13)14-6-2-3-7(10)8(11)4-6/h2-5H,1H3,(H2,12,13). The molecule has 14 heavy (non-hydrogen) atoms. The van der Waals surface area contributed by atoms with Crippen molar-refractivity contribution in [3.8, 4) is 5.75 Å². The summed E-state index contributed by atoms with van der Waals surface area (Å²) in [5, 5.41) is 0.657. The first kappa shape index (κ1) is 11.6. The van der Waals surface area contributed by atoms with Crippen LogP contribution in [0, 0.1) is 3.57 Å². The Balaban J connectivity index is 2.78. The second-order valence-corrected chi connectivity index (χ2v) is 4.31. The molecular weight excluding hydrogens is 316 g/mol. The molecule has 0 aromatic heterocycles. The van der Waals surface area contributed by atoms with E-state index in [1.54, 1.807) is 25.1 Å². The van der Waals surface area contributed by atoms with Crippen LogP contribution in [0.4, 0.5) is 0 Å². The summed E-state index contributed by atoms with van der Waals surface area (Å²) >= 11 is 7.91. The number of carbonyl (C=O) groups excluding carboxylic acids is 1. The summed E-state index contributed by atoms with van der Waals surface area (Å²) in [4.78, 5) is 10.7. The first-order valence-electron chi connectivity index (χ1n) is 3.91. The van der Waals surface area contributed by atoms with E-state index in [2.05, 4.69) is 22.6 Å². The van der Waals surface area contributed by atoms with Gasteiger partial charge in [-0.3, -0.25) is 4.79 Å². The zero-order valence-corrected chi connectivity index (χ0v) is 10.4. The van der Waals surface area contributed by atoms with E-state index in [0.717, 1.165) is 3.57 Å². The average molecular weight is 326 g/mol. The summed E-state index contributed by atoms with van der Waals surface area (Å²) < 4.78 is 6.15. The average Bonchev–Trinajstić information content (AvgIpc) is 2.11. The largest absolute Gasteiger partial charge is 0.481 e. The minimum absolute atomic E-state index is 0.491. The summed E-state index contributed by atoms with van der Waals surface area (Å²) in [6.45, 7) is 1.60. The third kappa shape index (κ3) is 3.02. The lowest BCUT2D eigenvalue weighted by Gasteiger charge is -2.11. The van der Waals surface area contributed by atoms with E-state index >= 15 is 0 Å². The smallest absolute Gasteiger partial charge is 0.258 e. The molecule has 1 aromatic carbocycles. The lowest BCUT2D eigenvalue weighted by Crippen LogP contribution is -2.30. The van der Waals surface area contributed by atoms with Crippen molar-refractivity contribution in [3.05, 3.63) is 26.8 Å². The highest BCUT2D eigenvalue weighted by Crippen LogP contribution is 2.23. The van der Waals surface area contributed by atoms with Gasteiger partial charge in [0.25, 0.3) is 5.91 Å². The number of amides is 1. The third-order valence-electron chi connectivity index (χ3n) is 1.60. The van der Waals surface area contributed by atoms with E-state index in [1.165, 1.54) is 0 Å². The van der Waals surface area contributed by atoms with Gasteiger partial charge in [-0.2, -0.15) is 0 Å². The molecule has 1 atom stereocenters. The highest BCUT2D eigenvalue weighted by Gasteiger charge is 2.10. The fraction of sp³-hybridized carbons (Fsp3) is 0.222. The molecule has 0 heterocycles. The maximum Gasteiger partial charge on any atom is 0.258 e. The van der Waals surface area contributed by atoms with E-state index in [9.17, 15) is 4.79 Å². The summed E-state index contributed by atoms with van der Waals surface area (Å²) in [7, 11) is 0. The molecule has 0 fully saturated rings. The van der Waals surface area contributed by atoms with Crippen LogP contribution in [0.3, 0.4) is 0 Å². The van der Waals surface area contributed by atoms with Crippen LogP contribution in [0.15, 0.2) is 18.2 Å². The first-order valence-corrected chi connectivity index (χ1v) is 5.37. The number of hydrogen-bond acceptors (Lipinski definition) is 2. The van der Waals surface area contributed by atoms with E-state index in [0.29, 0.717) is 10.8 Å². The number of rotatable bonds is 3. The zero-order valence-electron chi connectivity index (χ0n) is 7.46. The number of ether oxygens (including phenoxy) is 1. The molecule has 0 spiro atoms. The Morgan fingerprint density at radius 2 is 2.29 bits per heavy atom. The van der Waals surface area contributed by atoms with Crippen molar-refractivity contribution in [1.82, 2.24) is 0 Å². The first-order chi connectivity index (χ1) is 6.50. The molecule has 1 aromatic rings. The van der Waals surface area contributed by atoms with Gasteiger partial charge in [-0.25, -0.2) is 0 Å². The quantitative estimate of drug-likeness (QED) is 0.866. The molecule has 0 bridgehead atoms. The molecular formula is C9H9ClINO2. The van der Waals surface area contributed by atoms with Crippen molar-refractivity contribution >= 4 is 40.1 Å². The van der Waals surface area contributed by atoms with E-state index in [1.807, 2.05) is 0 Å². The van der Waals surface area contributed by atoms with Crippen molar-refractivity contribution in [3.63, 3.8) is 0 Å². The van der Waals surface area contributed by atoms with Crippen LogP contribution in [-0.2, 0) is 4.79 Å². The molecule has 1 unspecified atom stereocenters. The Labute approximate surface area is 101 Å². The fourth-order valence-electron chi connectivity index (χ4n) is 0.812. The van der Waals surface area contributed by atoms with Crippen LogP contribution in [0.1, 0.15) is 6.92 Å². The van der Waals surface area contributed by atoms with E-state index in [4.69, 9.17) is 22.1 Å². The number of hydrogen-bond donors (Lipinski definition) is 1. The van der Waals surface area contributed by atoms with Gasteiger partial charge in [-0.05, 0) is 47.7 Å². The molecule has 76 valence electrons. The summed E-state index contributed by atoms with van der Waals surface area (Å²) in [5.41, 5.74) is 5.06. The Kier molecular flexibility index (Phi) is 4.00. The highest BCUT2D eigenvalue weighted by molar-refractivity contribution is 14.1. The molecule has 0 aliphatic carbocycles. The Morgan fingerprint density at radius 1 is 1.64 bits per heavy atom. The third-order valence-corrected chi connectivity index (χ3v) is 3.15. The molecule has 0 aliphatic rings. The normalized spacial score (nSPS) is 12.2. The molecule has 5 heteroatoms. The number of carbonyl (C=O) groups is 1. The number of primary amides is 1. The molecule has 3 nitrogen and oxygen atoms in total. The molecule has 0 radical (unpaired) electrons. The van der Waals surface area contributed by atoms with Crippen LogP contribution < -0.4 is 10.5 Å². The fourth-order valence-corrected chi connectivity index (χ4v) is 1.42. The molecule has 2 N–H and O–H groups in total. The van der Waals surface area contributed by atoms with Crippen LogP contribution >= 0.6 is 34.2 Å². The Hall–Kier alpha value is -0.490. The zero-order chi connectivity index (χ0) is 10.7. The Morgan fingerprint density at radius 3 is 2.79 bits per heavy atom. The summed E-state index contributed by atoms with van der Waals surface area (Å²) in [5.74, 6) is 0.0973. The minimum atomic E-state index is -0.632. The van der Waals surface area contributed by atoms with Crippen molar-refractivity contribution in [1.29, 1.82) is 0 Å². The maximum absolute atomic E-state index is 10.7. The van der Waals surface area contributed by atoms with Gasteiger partial charge in [0.1, 0.15) is 5.75 Å². The minimum Gasteiger partial charge on any atom is -0.481 e. The predicted octanol–water partition coefficient (Wildman–Crippen LogP) is 2.20.